The summed E-state index contributed by atoms with van der Waals surface area (Å²) in [6.07, 6.45) is 3.45. The molecule has 8 nitrogen and oxygen atoms in total. The van der Waals surface area contributed by atoms with Gasteiger partial charge in [-0.05, 0) is 37.1 Å². The molecular weight excluding hydrogens is 408 g/mol. The molecule has 0 radical (unpaired) electrons. The Morgan fingerprint density at radius 3 is 2.44 bits per heavy atom. The molecule has 1 aromatic heterocycles. The van der Waals surface area contributed by atoms with Gasteiger partial charge in [-0.25, -0.2) is 4.68 Å². The van der Waals surface area contributed by atoms with Crippen molar-refractivity contribution in [1.29, 1.82) is 0 Å². The minimum absolute atomic E-state index is 0.0250. The molecule has 1 amide bonds. The van der Waals surface area contributed by atoms with E-state index in [4.69, 9.17) is 9.47 Å². The summed E-state index contributed by atoms with van der Waals surface area (Å²) in [7, 11) is 3.11. The van der Waals surface area contributed by atoms with Crippen LogP contribution in [0.4, 0.5) is 0 Å². The van der Waals surface area contributed by atoms with Crippen molar-refractivity contribution in [2.75, 3.05) is 33.9 Å². The highest BCUT2D eigenvalue weighted by molar-refractivity contribution is 5.94. The minimum atomic E-state index is -0.145. The number of nitrogens with one attached hydrogen (secondary N) is 1. The van der Waals surface area contributed by atoms with Gasteiger partial charge < -0.3 is 19.7 Å². The van der Waals surface area contributed by atoms with Crippen LogP contribution < -0.4 is 20.3 Å². The molecule has 32 heavy (non-hydrogen) atoms. The number of benzene rings is 2. The van der Waals surface area contributed by atoms with Gasteiger partial charge >= 0.3 is 0 Å². The lowest BCUT2D eigenvalue weighted by atomic mass is 10.0. The van der Waals surface area contributed by atoms with Gasteiger partial charge in [-0.15, -0.1) is 0 Å². The molecule has 3 aromatic rings. The van der Waals surface area contributed by atoms with E-state index in [-0.39, 0.29) is 17.5 Å². The fraction of sp³-hybridized carbons (Fsp3) is 0.375. The van der Waals surface area contributed by atoms with E-state index in [0.717, 1.165) is 37.9 Å². The van der Waals surface area contributed by atoms with Crippen molar-refractivity contribution in [2.24, 2.45) is 0 Å². The predicted octanol–water partition coefficient (Wildman–Crippen LogP) is 2.31. The highest BCUT2D eigenvalue weighted by atomic mass is 16.5. The molecule has 1 saturated heterocycles. The van der Waals surface area contributed by atoms with E-state index in [0.29, 0.717) is 29.0 Å². The van der Waals surface area contributed by atoms with Crippen LogP contribution in [-0.4, -0.2) is 60.5 Å². The van der Waals surface area contributed by atoms with Crippen molar-refractivity contribution in [1.82, 2.24) is 20.0 Å². The van der Waals surface area contributed by atoms with Crippen molar-refractivity contribution < 1.29 is 14.3 Å². The smallest absolute Gasteiger partial charge is 0.274 e. The third kappa shape index (κ3) is 4.75. The normalized spacial score (nSPS) is 14.9. The summed E-state index contributed by atoms with van der Waals surface area (Å²) in [6, 6.07) is 12.9. The number of hydrogen-bond donors (Lipinski definition) is 1. The number of carbonyl (C=O) groups excluding carboxylic acids is 1. The number of methoxy groups -OCH3 is 2. The van der Waals surface area contributed by atoms with Crippen LogP contribution in [0.2, 0.25) is 0 Å². The zero-order chi connectivity index (χ0) is 22.5. The average molecular weight is 437 g/mol. The summed E-state index contributed by atoms with van der Waals surface area (Å²) < 4.78 is 12.1. The molecule has 4 rings (SSSR count). The zero-order valence-electron chi connectivity index (χ0n) is 18.4. The van der Waals surface area contributed by atoms with Gasteiger partial charge in [0.2, 0.25) is 0 Å². The summed E-state index contributed by atoms with van der Waals surface area (Å²) in [4.78, 5) is 27.6. The van der Waals surface area contributed by atoms with Gasteiger partial charge in [0.1, 0.15) is 0 Å². The maximum absolute atomic E-state index is 12.9. The fourth-order valence-corrected chi connectivity index (χ4v) is 4.06. The molecule has 0 aliphatic carbocycles. The number of nitrogens with zero attached hydrogens (tertiary/aromatic N) is 3. The lowest BCUT2D eigenvalue weighted by Gasteiger charge is -2.32. The zero-order valence-corrected chi connectivity index (χ0v) is 18.4. The van der Waals surface area contributed by atoms with Gasteiger partial charge in [-0.2, -0.15) is 5.10 Å². The SMILES string of the molecule is COc1cc2cnn(CCN3CCC(NC(=O)c4ccccc4)CC3)c(=O)c2cc1OC. The Morgan fingerprint density at radius 2 is 1.75 bits per heavy atom. The number of ether oxygens (including phenoxy) is 2. The maximum atomic E-state index is 12.9. The number of hydrogen-bond acceptors (Lipinski definition) is 6. The molecule has 2 heterocycles. The molecule has 1 aliphatic rings. The third-order valence-corrected chi connectivity index (χ3v) is 5.94. The van der Waals surface area contributed by atoms with Gasteiger partial charge in [0.05, 0.1) is 32.3 Å². The minimum Gasteiger partial charge on any atom is -0.493 e. The predicted molar refractivity (Wildman–Crippen MR) is 122 cm³/mol. The fourth-order valence-electron chi connectivity index (χ4n) is 4.06. The molecule has 0 atom stereocenters. The van der Waals surface area contributed by atoms with Crippen LogP contribution in [0.25, 0.3) is 10.8 Å². The Hall–Kier alpha value is -3.39. The first-order valence-corrected chi connectivity index (χ1v) is 10.8. The van der Waals surface area contributed by atoms with E-state index < -0.39 is 0 Å². The van der Waals surface area contributed by atoms with Crippen LogP contribution >= 0.6 is 0 Å². The van der Waals surface area contributed by atoms with Crippen molar-refractivity contribution in [3.63, 3.8) is 0 Å². The van der Waals surface area contributed by atoms with Crippen LogP contribution in [0.1, 0.15) is 23.2 Å². The van der Waals surface area contributed by atoms with Crippen LogP contribution in [0.3, 0.4) is 0 Å². The highest BCUT2D eigenvalue weighted by Gasteiger charge is 2.21. The maximum Gasteiger partial charge on any atom is 0.274 e. The van der Waals surface area contributed by atoms with Gasteiger partial charge in [-0.1, -0.05) is 18.2 Å². The van der Waals surface area contributed by atoms with E-state index in [9.17, 15) is 9.59 Å². The first-order chi connectivity index (χ1) is 15.6. The van der Waals surface area contributed by atoms with E-state index >= 15 is 0 Å². The molecular formula is C24H28N4O4. The summed E-state index contributed by atoms with van der Waals surface area (Å²) in [5.41, 5.74) is 0.541. The summed E-state index contributed by atoms with van der Waals surface area (Å²) in [5.74, 6) is 1.07. The Kier molecular flexibility index (Phi) is 6.70. The molecule has 8 heteroatoms. The molecule has 0 spiro atoms. The molecule has 1 N–H and O–H groups in total. The van der Waals surface area contributed by atoms with E-state index in [1.807, 2.05) is 30.3 Å². The Bertz CT molecular complexity index is 1140. The Balaban J connectivity index is 1.34. The second-order valence-electron chi connectivity index (χ2n) is 7.92. The lowest BCUT2D eigenvalue weighted by Crippen LogP contribution is -2.45. The van der Waals surface area contributed by atoms with Crippen LogP contribution in [-0.2, 0) is 6.54 Å². The van der Waals surface area contributed by atoms with Crippen LogP contribution in [0, 0.1) is 0 Å². The number of carbonyl (C=O) groups is 1. The number of fused-ring (bicyclic) bond motifs is 1. The molecule has 168 valence electrons. The first kappa shape index (κ1) is 21.8. The van der Waals surface area contributed by atoms with Gasteiger partial charge in [-0.3, -0.25) is 9.59 Å². The van der Waals surface area contributed by atoms with Crippen LogP contribution in [0.5, 0.6) is 11.5 Å². The molecule has 1 fully saturated rings. The first-order valence-electron chi connectivity index (χ1n) is 10.8. The van der Waals surface area contributed by atoms with Crippen molar-refractivity contribution in [3.05, 3.63) is 64.6 Å². The topological polar surface area (TPSA) is 85.7 Å². The quantitative estimate of drug-likeness (QED) is 0.612. The second-order valence-corrected chi connectivity index (χ2v) is 7.92. The number of likely N-dealkylation sites (tertiary alicyclic amines) is 1. The van der Waals surface area contributed by atoms with E-state index in [1.165, 1.54) is 4.68 Å². The van der Waals surface area contributed by atoms with Crippen molar-refractivity contribution in [3.8, 4) is 11.5 Å². The van der Waals surface area contributed by atoms with Gasteiger partial charge in [0.15, 0.2) is 11.5 Å². The van der Waals surface area contributed by atoms with E-state index in [1.54, 1.807) is 32.5 Å². The number of rotatable bonds is 7. The van der Waals surface area contributed by atoms with E-state index in [2.05, 4.69) is 15.3 Å². The number of aromatic nitrogens is 2. The van der Waals surface area contributed by atoms with Crippen LogP contribution in [0.15, 0.2) is 53.5 Å². The highest BCUT2D eigenvalue weighted by Crippen LogP contribution is 2.30. The van der Waals surface area contributed by atoms with Crippen molar-refractivity contribution >= 4 is 16.7 Å². The Labute approximate surface area is 186 Å². The summed E-state index contributed by atoms with van der Waals surface area (Å²) in [5, 5.41) is 8.73. The van der Waals surface area contributed by atoms with Crippen molar-refractivity contribution in [2.45, 2.75) is 25.4 Å². The Morgan fingerprint density at radius 1 is 1.06 bits per heavy atom. The number of piperidine rings is 1. The molecule has 0 saturated carbocycles. The standard InChI is InChI=1S/C24H28N4O4/c1-31-21-14-18-16-25-28(24(30)20(18)15-22(21)32-2)13-12-27-10-8-19(9-11-27)26-23(29)17-6-4-3-5-7-17/h3-7,14-16,19H,8-13H2,1-2H3,(H,26,29). The summed E-state index contributed by atoms with van der Waals surface area (Å²) >= 11 is 0. The molecule has 2 aromatic carbocycles. The third-order valence-electron chi connectivity index (χ3n) is 5.94. The molecule has 1 aliphatic heterocycles. The second kappa shape index (κ2) is 9.82. The largest absolute Gasteiger partial charge is 0.493 e. The number of amides is 1. The molecule has 0 unspecified atom stereocenters. The monoisotopic (exact) mass is 436 g/mol. The van der Waals surface area contributed by atoms with Gasteiger partial charge in [0, 0.05) is 36.6 Å². The van der Waals surface area contributed by atoms with Gasteiger partial charge in [0.25, 0.3) is 11.5 Å². The average Bonchev–Trinajstić information content (AvgIpc) is 2.84. The summed E-state index contributed by atoms with van der Waals surface area (Å²) in [6.45, 7) is 2.97. The lowest BCUT2D eigenvalue weighted by molar-refractivity contribution is 0.0909. The molecule has 0 bridgehead atoms.